The van der Waals surface area contributed by atoms with Crippen LogP contribution in [0.4, 0.5) is 0 Å². The standard InChI is InChI=1S/C11H24IN/c1-5-6-7-11(4)13(9-8-12)10(2)3/h10-11H,5-9H2,1-4H3. The van der Waals surface area contributed by atoms with Gasteiger partial charge >= 0.3 is 0 Å². The van der Waals surface area contributed by atoms with Crippen LogP contribution in [0.25, 0.3) is 0 Å². The molecule has 0 spiro atoms. The van der Waals surface area contributed by atoms with Crippen molar-refractivity contribution in [3.8, 4) is 0 Å². The zero-order chi connectivity index (χ0) is 10.3. The lowest BCUT2D eigenvalue weighted by atomic mass is 10.1. The summed E-state index contributed by atoms with van der Waals surface area (Å²) >= 11 is 2.47. The summed E-state index contributed by atoms with van der Waals surface area (Å²) in [6, 6.07) is 1.45. The Kier molecular flexibility index (Phi) is 8.46. The molecule has 0 rings (SSSR count). The van der Waals surface area contributed by atoms with E-state index in [0.717, 1.165) is 6.04 Å². The average Bonchev–Trinajstić information content (AvgIpc) is 2.09. The second-order valence-electron chi connectivity index (χ2n) is 4.01. The summed E-state index contributed by atoms with van der Waals surface area (Å²) in [5, 5.41) is 0. The van der Waals surface area contributed by atoms with Gasteiger partial charge in [-0.25, -0.2) is 0 Å². The molecule has 0 N–H and O–H groups in total. The van der Waals surface area contributed by atoms with Crippen LogP contribution in [0.3, 0.4) is 0 Å². The Labute approximate surface area is 97.4 Å². The largest absolute Gasteiger partial charge is 0.298 e. The molecule has 0 saturated heterocycles. The first-order valence-corrected chi connectivity index (χ1v) is 6.97. The van der Waals surface area contributed by atoms with Gasteiger partial charge in [0.15, 0.2) is 0 Å². The van der Waals surface area contributed by atoms with Crippen molar-refractivity contribution in [1.82, 2.24) is 4.90 Å². The van der Waals surface area contributed by atoms with Crippen LogP contribution in [0.1, 0.15) is 47.0 Å². The van der Waals surface area contributed by atoms with Crippen molar-refractivity contribution >= 4 is 22.6 Å². The number of rotatable bonds is 7. The summed E-state index contributed by atoms with van der Waals surface area (Å²) in [6.45, 7) is 10.5. The zero-order valence-electron chi connectivity index (χ0n) is 9.52. The second-order valence-corrected chi connectivity index (χ2v) is 5.09. The lowest BCUT2D eigenvalue weighted by molar-refractivity contribution is 0.166. The third-order valence-electron chi connectivity index (χ3n) is 2.55. The molecular formula is C11H24IN. The second kappa shape index (κ2) is 8.04. The number of unbranched alkanes of at least 4 members (excludes halogenated alkanes) is 1. The molecule has 0 radical (unpaired) electrons. The van der Waals surface area contributed by atoms with E-state index in [2.05, 4.69) is 55.2 Å². The fourth-order valence-electron chi connectivity index (χ4n) is 1.75. The van der Waals surface area contributed by atoms with Gasteiger partial charge in [-0.3, -0.25) is 4.90 Å². The molecule has 1 atom stereocenters. The topological polar surface area (TPSA) is 3.24 Å². The molecule has 0 aromatic carbocycles. The van der Waals surface area contributed by atoms with Crippen LogP contribution in [0.15, 0.2) is 0 Å². The lowest BCUT2D eigenvalue weighted by Gasteiger charge is -2.32. The number of halogens is 1. The van der Waals surface area contributed by atoms with E-state index in [-0.39, 0.29) is 0 Å². The SMILES string of the molecule is CCCCC(C)N(CCI)C(C)C. The quantitative estimate of drug-likeness (QED) is 0.511. The Morgan fingerprint density at radius 2 is 1.85 bits per heavy atom. The summed E-state index contributed by atoms with van der Waals surface area (Å²) < 4.78 is 1.24. The van der Waals surface area contributed by atoms with E-state index in [9.17, 15) is 0 Å². The molecule has 80 valence electrons. The molecule has 0 amide bonds. The summed E-state index contributed by atoms with van der Waals surface area (Å²) in [4.78, 5) is 2.61. The van der Waals surface area contributed by atoms with Gasteiger partial charge in [0.25, 0.3) is 0 Å². The minimum Gasteiger partial charge on any atom is -0.298 e. The molecule has 0 aromatic rings. The van der Waals surface area contributed by atoms with Crippen LogP contribution < -0.4 is 0 Å². The Bertz CT molecular complexity index is 115. The highest BCUT2D eigenvalue weighted by Gasteiger charge is 2.15. The third kappa shape index (κ3) is 5.89. The predicted molar refractivity (Wildman–Crippen MR) is 69.7 cm³/mol. The van der Waals surface area contributed by atoms with Gasteiger partial charge < -0.3 is 0 Å². The summed E-state index contributed by atoms with van der Waals surface area (Å²) in [7, 11) is 0. The summed E-state index contributed by atoms with van der Waals surface area (Å²) in [5.74, 6) is 0. The summed E-state index contributed by atoms with van der Waals surface area (Å²) in [6.07, 6.45) is 4.04. The van der Waals surface area contributed by atoms with Crippen molar-refractivity contribution in [1.29, 1.82) is 0 Å². The maximum Gasteiger partial charge on any atom is 0.0123 e. The normalized spacial score (nSPS) is 14.1. The highest BCUT2D eigenvalue weighted by molar-refractivity contribution is 14.1. The highest BCUT2D eigenvalue weighted by Crippen LogP contribution is 2.12. The van der Waals surface area contributed by atoms with Gasteiger partial charge in [0.05, 0.1) is 0 Å². The van der Waals surface area contributed by atoms with Gasteiger partial charge in [0.1, 0.15) is 0 Å². The molecule has 1 unspecified atom stereocenters. The van der Waals surface area contributed by atoms with Gasteiger partial charge in [-0.2, -0.15) is 0 Å². The molecule has 2 heteroatoms. The predicted octanol–water partition coefficient (Wildman–Crippen LogP) is 3.71. The van der Waals surface area contributed by atoms with Crippen molar-refractivity contribution < 1.29 is 0 Å². The minimum atomic E-state index is 0.696. The molecular weight excluding hydrogens is 273 g/mol. The first-order chi connectivity index (χ1) is 6.13. The Hall–Kier alpha value is 0.690. The maximum atomic E-state index is 2.61. The number of hydrogen-bond donors (Lipinski definition) is 0. The van der Waals surface area contributed by atoms with E-state index in [4.69, 9.17) is 0 Å². The fourth-order valence-corrected chi connectivity index (χ4v) is 2.31. The zero-order valence-corrected chi connectivity index (χ0v) is 11.7. The van der Waals surface area contributed by atoms with Crippen LogP contribution in [0.2, 0.25) is 0 Å². The van der Waals surface area contributed by atoms with E-state index in [1.807, 2.05) is 0 Å². The molecule has 0 aliphatic heterocycles. The number of alkyl halides is 1. The Morgan fingerprint density at radius 1 is 1.23 bits per heavy atom. The van der Waals surface area contributed by atoms with Gasteiger partial charge in [-0.15, -0.1) is 0 Å². The van der Waals surface area contributed by atoms with Crippen molar-refractivity contribution in [3.63, 3.8) is 0 Å². The molecule has 13 heavy (non-hydrogen) atoms. The first-order valence-electron chi connectivity index (χ1n) is 5.45. The van der Waals surface area contributed by atoms with Crippen LogP contribution in [-0.2, 0) is 0 Å². The number of nitrogens with zero attached hydrogens (tertiary/aromatic N) is 1. The van der Waals surface area contributed by atoms with Crippen molar-refractivity contribution in [2.45, 2.75) is 59.0 Å². The van der Waals surface area contributed by atoms with Crippen molar-refractivity contribution in [2.75, 3.05) is 11.0 Å². The van der Waals surface area contributed by atoms with Crippen LogP contribution in [0.5, 0.6) is 0 Å². The van der Waals surface area contributed by atoms with E-state index < -0.39 is 0 Å². The summed E-state index contributed by atoms with van der Waals surface area (Å²) in [5.41, 5.74) is 0. The van der Waals surface area contributed by atoms with Gasteiger partial charge in [0.2, 0.25) is 0 Å². The fraction of sp³-hybridized carbons (Fsp3) is 1.00. The molecule has 1 nitrogen and oxygen atoms in total. The third-order valence-corrected chi connectivity index (χ3v) is 3.03. The van der Waals surface area contributed by atoms with Gasteiger partial charge in [0, 0.05) is 23.1 Å². The van der Waals surface area contributed by atoms with E-state index in [0.29, 0.717) is 6.04 Å². The van der Waals surface area contributed by atoms with Crippen LogP contribution >= 0.6 is 22.6 Å². The first kappa shape index (κ1) is 13.7. The smallest absolute Gasteiger partial charge is 0.0123 e. The minimum absolute atomic E-state index is 0.696. The molecule has 0 aliphatic rings. The Balaban J connectivity index is 3.87. The molecule has 0 fully saturated rings. The van der Waals surface area contributed by atoms with E-state index >= 15 is 0 Å². The van der Waals surface area contributed by atoms with Gasteiger partial charge in [-0.05, 0) is 27.2 Å². The van der Waals surface area contributed by atoms with Crippen molar-refractivity contribution in [3.05, 3.63) is 0 Å². The molecule has 0 aliphatic carbocycles. The van der Waals surface area contributed by atoms with Crippen molar-refractivity contribution in [2.24, 2.45) is 0 Å². The average molecular weight is 297 g/mol. The molecule has 0 bridgehead atoms. The van der Waals surface area contributed by atoms with Crippen LogP contribution in [-0.4, -0.2) is 28.0 Å². The maximum absolute atomic E-state index is 2.61. The lowest BCUT2D eigenvalue weighted by Crippen LogP contribution is -2.39. The van der Waals surface area contributed by atoms with E-state index in [1.54, 1.807) is 0 Å². The Morgan fingerprint density at radius 3 is 2.23 bits per heavy atom. The molecule has 0 saturated carbocycles. The monoisotopic (exact) mass is 297 g/mol. The molecule has 0 heterocycles. The highest BCUT2D eigenvalue weighted by atomic mass is 127. The molecule has 0 aromatic heterocycles. The van der Waals surface area contributed by atoms with Crippen LogP contribution in [0, 0.1) is 0 Å². The van der Waals surface area contributed by atoms with Gasteiger partial charge in [-0.1, -0.05) is 42.4 Å². The van der Waals surface area contributed by atoms with E-state index in [1.165, 1.54) is 30.2 Å². The number of hydrogen-bond acceptors (Lipinski definition) is 1.